The molecule has 0 aliphatic carbocycles. The summed E-state index contributed by atoms with van der Waals surface area (Å²) in [6.45, 7) is 3.85. The molecule has 0 unspecified atom stereocenters. The number of nitrogens with two attached hydrogens (primary N) is 1. The molecule has 20 heavy (non-hydrogen) atoms. The molecule has 1 aliphatic heterocycles. The highest BCUT2D eigenvalue weighted by atomic mass is 15.3. The fourth-order valence-corrected chi connectivity index (χ4v) is 2.84. The summed E-state index contributed by atoms with van der Waals surface area (Å²) in [7, 11) is 0. The lowest BCUT2D eigenvalue weighted by Crippen LogP contribution is -2.43. The summed E-state index contributed by atoms with van der Waals surface area (Å²) in [5.74, 6) is 1.29. The van der Waals surface area contributed by atoms with E-state index in [0.717, 1.165) is 31.0 Å². The largest absolute Gasteiger partial charge is 0.368 e. The first-order chi connectivity index (χ1) is 9.72. The predicted octanol–water partition coefficient (Wildman–Crippen LogP) is 1.62. The van der Waals surface area contributed by atoms with Gasteiger partial charge in [0.1, 0.15) is 5.82 Å². The van der Waals surface area contributed by atoms with Gasteiger partial charge in [-0.3, -0.25) is 4.68 Å². The van der Waals surface area contributed by atoms with Crippen molar-refractivity contribution >= 4 is 11.8 Å². The highest BCUT2D eigenvalue weighted by Gasteiger charge is 2.24. The molecule has 2 aromatic rings. The van der Waals surface area contributed by atoms with Gasteiger partial charge in [-0.15, -0.1) is 0 Å². The molecule has 2 aromatic heterocycles. The Morgan fingerprint density at radius 2 is 2.25 bits per heavy atom. The smallest absolute Gasteiger partial charge is 0.222 e. The molecule has 1 aliphatic rings. The van der Waals surface area contributed by atoms with Gasteiger partial charge in [0.2, 0.25) is 5.95 Å². The van der Waals surface area contributed by atoms with Crippen LogP contribution in [0.1, 0.15) is 25.0 Å². The highest BCUT2D eigenvalue weighted by molar-refractivity contribution is 5.44. The van der Waals surface area contributed by atoms with E-state index in [1.54, 1.807) is 0 Å². The number of aromatic nitrogens is 4. The van der Waals surface area contributed by atoms with Gasteiger partial charge in [0.25, 0.3) is 0 Å². The summed E-state index contributed by atoms with van der Waals surface area (Å²) in [4.78, 5) is 10.9. The van der Waals surface area contributed by atoms with Gasteiger partial charge in [0.15, 0.2) is 0 Å². The Morgan fingerprint density at radius 1 is 1.35 bits per heavy atom. The Hall–Kier alpha value is -2.11. The summed E-state index contributed by atoms with van der Waals surface area (Å²) in [6.07, 6.45) is 7.43. The van der Waals surface area contributed by atoms with Crippen LogP contribution in [-0.2, 0) is 6.54 Å². The molecule has 0 saturated carbocycles. The maximum Gasteiger partial charge on any atom is 0.222 e. The van der Waals surface area contributed by atoms with Crippen molar-refractivity contribution in [2.75, 3.05) is 17.2 Å². The van der Waals surface area contributed by atoms with E-state index in [0.29, 0.717) is 12.0 Å². The first kappa shape index (κ1) is 12.9. The van der Waals surface area contributed by atoms with Gasteiger partial charge in [-0.1, -0.05) is 0 Å². The highest BCUT2D eigenvalue weighted by Crippen LogP contribution is 2.25. The number of hydrogen-bond donors (Lipinski definition) is 1. The van der Waals surface area contributed by atoms with Crippen LogP contribution >= 0.6 is 0 Å². The lowest BCUT2D eigenvalue weighted by molar-refractivity contribution is 0.396. The monoisotopic (exact) mass is 272 g/mol. The Labute approximate surface area is 118 Å². The van der Waals surface area contributed by atoms with Crippen LogP contribution in [0.2, 0.25) is 0 Å². The molecular weight excluding hydrogens is 252 g/mol. The summed E-state index contributed by atoms with van der Waals surface area (Å²) >= 11 is 0. The van der Waals surface area contributed by atoms with Crippen molar-refractivity contribution in [2.24, 2.45) is 0 Å². The SMILES string of the molecule is Cc1cc(N2CCCC[C@H]2Cn2cccn2)nc(N)n1. The second-order valence-corrected chi connectivity index (χ2v) is 5.30. The van der Waals surface area contributed by atoms with Gasteiger partial charge in [-0.05, 0) is 32.3 Å². The van der Waals surface area contributed by atoms with Crippen molar-refractivity contribution in [3.63, 3.8) is 0 Å². The molecule has 3 heterocycles. The third-order valence-electron chi connectivity index (χ3n) is 3.74. The van der Waals surface area contributed by atoms with Crippen LogP contribution in [0.25, 0.3) is 0 Å². The Kier molecular flexibility index (Phi) is 3.54. The van der Waals surface area contributed by atoms with Crippen molar-refractivity contribution in [2.45, 2.75) is 38.8 Å². The molecule has 2 N–H and O–H groups in total. The third-order valence-corrected chi connectivity index (χ3v) is 3.74. The molecule has 6 heteroatoms. The number of rotatable bonds is 3. The van der Waals surface area contributed by atoms with Gasteiger partial charge < -0.3 is 10.6 Å². The number of piperidine rings is 1. The zero-order valence-electron chi connectivity index (χ0n) is 11.7. The average molecular weight is 272 g/mol. The second kappa shape index (κ2) is 5.48. The Morgan fingerprint density at radius 3 is 3.00 bits per heavy atom. The van der Waals surface area contributed by atoms with Gasteiger partial charge in [0, 0.05) is 36.7 Å². The van der Waals surface area contributed by atoms with Crippen LogP contribution in [0.3, 0.4) is 0 Å². The predicted molar refractivity (Wildman–Crippen MR) is 78.4 cm³/mol. The van der Waals surface area contributed by atoms with E-state index in [9.17, 15) is 0 Å². The van der Waals surface area contributed by atoms with Crippen molar-refractivity contribution in [3.05, 3.63) is 30.2 Å². The molecule has 6 nitrogen and oxygen atoms in total. The molecule has 1 atom stereocenters. The van der Waals surface area contributed by atoms with Gasteiger partial charge in [-0.25, -0.2) is 4.98 Å². The minimum atomic E-state index is 0.350. The van der Waals surface area contributed by atoms with Crippen molar-refractivity contribution in [3.8, 4) is 0 Å². The van der Waals surface area contributed by atoms with E-state index in [2.05, 4.69) is 20.0 Å². The van der Waals surface area contributed by atoms with Crippen LogP contribution in [0.5, 0.6) is 0 Å². The molecule has 0 spiro atoms. The van der Waals surface area contributed by atoms with E-state index in [1.807, 2.05) is 36.1 Å². The van der Waals surface area contributed by atoms with Crippen LogP contribution in [0, 0.1) is 6.92 Å². The van der Waals surface area contributed by atoms with Crippen molar-refractivity contribution in [1.82, 2.24) is 19.7 Å². The van der Waals surface area contributed by atoms with E-state index < -0.39 is 0 Å². The minimum absolute atomic E-state index is 0.350. The number of aryl methyl sites for hydroxylation is 1. The number of hydrogen-bond acceptors (Lipinski definition) is 5. The first-order valence-corrected chi connectivity index (χ1v) is 7.07. The summed E-state index contributed by atoms with van der Waals surface area (Å²) in [6, 6.07) is 4.38. The summed E-state index contributed by atoms with van der Waals surface area (Å²) in [5, 5.41) is 4.31. The molecule has 1 fully saturated rings. The Balaban J connectivity index is 1.84. The maximum atomic E-state index is 5.78. The van der Waals surface area contributed by atoms with E-state index in [1.165, 1.54) is 12.8 Å². The standard InChI is InChI=1S/C14H20N6/c1-11-9-13(18-14(15)17-11)20-8-3-2-5-12(20)10-19-7-4-6-16-19/h4,6-7,9,12H,2-3,5,8,10H2,1H3,(H2,15,17,18)/t12-/m0/s1. The topological polar surface area (TPSA) is 72.9 Å². The van der Waals surface area contributed by atoms with Gasteiger partial charge >= 0.3 is 0 Å². The lowest BCUT2D eigenvalue weighted by Gasteiger charge is -2.36. The molecule has 0 radical (unpaired) electrons. The van der Waals surface area contributed by atoms with E-state index in [4.69, 9.17) is 5.73 Å². The number of nitrogen functional groups attached to an aromatic ring is 1. The molecule has 106 valence electrons. The number of nitrogens with zero attached hydrogens (tertiary/aromatic N) is 5. The summed E-state index contributed by atoms with van der Waals surface area (Å²) < 4.78 is 1.99. The third kappa shape index (κ3) is 2.74. The van der Waals surface area contributed by atoms with Crippen LogP contribution < -0.4 is 10.6 Å². The molecule has 0 amide bonds. The van der Waals surface area contributed by atoms with Crippen molar-refractivity contribution < 1.29 is 0 Å². The molecular formula is C14H20N6. The second-order valence-electron chi connectivity index (χ2n) is 5.30. The molecule has 1 saturated heterocycles. The normalized spacial score (nSPS) is 19.2. The zero-order valence-corrected chi connectivity index (χ0v) is 11.7. The Bertz CT molecular complexity index is 545. The van der Waals surface area contributed by atoms with Crippen molar-refractivity contribution in [1.29, 1.82) is 0 Å². The zero-order chi connectivity index (χ0) is 13.9. The fraction of sp³-hybridized carbons (Fsp3) is 0.500. The molecule has 0 bridgehead atoms. The van der Waals surface area contributed by atoms with Gasteiger partial charge in [0.05, 0.1) is 6.54 Å². The first-order valence-electron chi connectivity index (χ1n) is 7.07. The summed E-state index contributed by atoms with van der Waals surface area (Å²) in [5.41, 5.74) is 6.69. The lowest BCUT2D eigenvalue weighted by atomic mass is 10.0. The van der Waals surface area contributed by atoms with Crippen LogP contribution in [-0.4, -0.2) is 32.3 Å². The van der Waals surface area contributed by atoms with Gasteiger partial charge in [-0.2, -0.15) is 10.1 Å². The molecule has 0 aromatic carbocycles. The fourth-order valence-electron chi connectivity index (χ4n) is 2.84. The number of anilines is 2. The van der Waals surface area contributed by atoms with E-state index >= 15 is 0 Å². The maximum absolute atomic E-state index is 5.78. The quantitative estimate of drug-likeness (QED) is 0.919. The minimum Gasteiger partial charge on any atom is -0.368 e. The van der Waals surface area contributed by atoms with E-state index in [-0.39, 0.29) is 0 Å². The molecule has 3 rings (SSSR count). The van der Waals surface area contributed by atoms with Crippen LogP contribution in [0.15, 0.2) is 24.5 Å². The van der Waals surface area contributed by atoms with Crippen LogP contribution in [0.4, 0.5) is 11.8 Å². The average Bonchev–Trinajstić information content (AvgIpc) is 2.91.